The molecule has 0 aliphatic rings. The zero-order valence-corrected chi connectivity index (χ0v) is 6.71. The van der Waals surface area contributed by atoms with Crippen molar-refractivity contribution < 1.29 is 30.3 Å². The molecule has 0 aliphatic carbocycles. The first-order valence-corrected chi connectivity index (χ1v) is 3.34. The fraction of sp³-hybridized carbons (Fsp3) is 0.833. The summed E-state index contributed by atoms with van der Waals surface area (Å²) in [6.45, 7) is 1.37. The minimum absolute atomic E-state index is 0.366. The van der Waals surface area contributed by atoms with Gasteiger partial charge in [0.05, 0.1) is 12.7 Å². The minimum atomic E-state index is -1.83. The van der Waals surface area contributed by atoms with Crippen LogP contribution in [0.2, 0.25) is 0 Å². The first-order chi connectivity index (χ1) is 5.45. The molecule has 0 aromatic heterocycles. The van der Waals surface area contributed by atoms with Gasteiger partial charge in [0.25, 0.3) is 0 Å². The molecule has 6 nitrogen and oxygen atoms in total. The van der Waals surface area contributed by atoms with Crippen LogP contribution in [-0.4, -0.2) is 50.5 Å². The summed E-state index contributed by atoms with van der Waals surface area (Å²) in [5.74, 6) is 0. The first-order valence-electron chi connectivity index (χ1n) is 3.34. The number of carbonyl (C=O) groups is 1. The Hall–Kier alpha value is -0.850. The molecule has 74 valence electrons. The molecule has 12 heavy (non-hydrogen) atoms. The van der Waals surface area contributed by atoms with E-state index in [9.17, 15) is 0 Å². The van der Waals surface area contributed by atoms with Crippen molar-refractivity contribution in [3.05, 3.63) is 0 Å². The molecule has 0 rings (SSSR count). The summed E-state index contributed by atoms with van der Waals surface area (Å²) in [4.78, 5) is 8.56. The minimum Gasteiger partial charge on any atom is -0.450 e. The smallest absolute Gasteiger partial charge is 0.450 e. The molecule has 2 atom stereocenters. The lowest BCUT2D eigenvalue weighted by atomic mass is 10.2. The van der Waals surface area contributed by atoms with Crippen molar-refractivity contribution in [3.63, 3.8) is 0 Å². The number of hydrogen-bond donors (Lipinski definition) is 5. The third-order valence-corrected chi connectivity index (χ3v) is 1.05. The number of carboxylic acid groups (broad SMARTS) is 2. The molecule has 0 heterocycles. The Bertz CT molecular complexity index is 103. The molecule has 0 radical (unpaired) electrons. The highest BCUT2D eigenvalue weighted by molar-refractivity contribution is 5.53. The van der Waals surface area contributed by atoms with E-state index in [0.29, 0.717) is 6.42 Å². The maximum atomic E-state index is 8.72. The molecule has 0 aromatic rings. The normalized spacial score (nSPS) is 14.0. The second kappa shape index (κ2) is 8.25. The SMILES string of the molecule is CCC(O)C(O)CO.O=C(O)O. The van der Waals surface area contributed by atoms with Gasteiger partial charge >= 0.3 is 6.16 Å². The van der Waals surface area contributed by atoms with Crippen LogP contribution in [-0.2, 0) is 0 Å². The zero-order valence-electron chi connectivity index (χ0n) is 6.71. The van der Waals surface area contributed by atoms with Crippen LogP contribution in [0.25, 0.3) is 0 Å². The molecule has 2 unspecified atom stereocenters. The van der Waals surface area contributed by atoms with E-state index in [1.807, 2.05) is 0 Å². The van der Waals surface area contributed by atoms with Gasteiger partial charge in [-0.3, -0.25) is 0 Å². The summed E-state index contributed by atoms with van der Waals surface area (Å²) in [6, 6.07) is 0. The highest BCUT2D eigenvalue weighted by Gasteiger charge is 2.10. The van der Waals surface area contributed by atoms with Gasteiger partial charge in [-0.2, -0.15) is 0 Å². The van der Waals surface area contributed by atoms with Crippen LogP contribution in [0, 0.1) is 0 Å². The largest absolute Gasteiger partial charge is 0.503 e. The monoisotopic (exact) mass is 182 g/mol. The Labute approximate surface area is 69.7 Å². The van der Waals surface area contributed by atoms with Crippen LogP contribution in [0.1, 0.15) is 13.3 Å². The molecule has 0 aliphatic heterocycles. The molecule has 0 saturated heterocycles. The van der Waals surface area contributed by atoms with E-state index in [2.05, 4.69) is 0 Å². The van der Waals surface area contributed by atoms with E-state index in [1.54, 1.807) is 6.92 Å². The van der Waals surface area contributed by atoms with Crippen molar-refractivity contribution in [1.82, 2.24) is 0 Å². The van der Waals surface area contributed by atoms with Crippen LogP contribution < -0.4 is 0 Å². The lowest BCUT2D eigenvalue weighted by Crippen LogP contribution is -2.28. The van der Waals surface area contributed by atoms with Gasteiger partial charge in [-0.1, -0.05) is 6.92 Å². The van der Waals surface area contributed by atoms with Crippen LogP contribution in [0.4, 0.5) is 4.79 Å². The second-order valence-corrected chi connectivity index (χ2v) is 2.01. The molecule has 0 aromatic carbocycles. The summed E-state index contributed by atoms with van der Waals surface area (Å²) < 4.78 is 0. The van der Waals surface area contributed by atoms with Gasteiger partial charge in [-0.25, -0.2) is 4.79 Å². The molecule has 0 spiro atoms. The van der Waals surface area contributed by atoms with Crippen molar-refractivity contribution in [2.24, 2.45) is 0 Å². The lowest BCUT2D eigenvalue weighted by Gasteiger charge is -2.11. The number of aliphatic hydroxyl groups is 3. The van der Waals surface area contributed by atoms with Crippen LogP contribution in [0.5, 0.6) is 0 Å². The second-order valence-electron chi connectivity index (χ2n) is 2.01. The Morgan fingerprint density at radius 1 is 1.25 bits per heavy atom. The van der Waals surface area contributed by atoms with Gasteiger partial charge < -0.3 is 25.5 Å². The lowest BCUT2D eigenvalue weighted by molar-refractivity contribution is -0.0151. The predicted molar refractivity (Wildman–Crippen MR) is 40.0 cm³/mol. The summed E-state index contributed by atoms with van der Waals surface area (Å²) in [5, 5.41) is 39.5. The van der Waals surface area contributed by atoms with Crippen molar-refractivity contribution >= 4 is 6.16 Å². The van der Waals surface area contributed by atoms with Gasteiger partial charge in [0.15, 0.2) is 0 Å². The fourth-order valence-corrected chi connectivity index (χ4v) is 0.394. The Morgan fingerprint density at radius 3 is 1.67 bits per heavy atom. The summed E-state index contributed by atoms with van der Waals surface area (Å²) in [5.41, 5.74) is 0. The van der Waals surface area contributed by atoms with Crippen LogP contribution in [0.3, 0.4) is 0 Å². The highest BCUT2D eigenvalue weighted by Crippen LogP contribution is 1.95. The Balaban J connectivity index is 0. The number of hydrogen-bond acceptors (Lipinski definition) is 4. The average Bonchev–Trinajstić information content (AvgIpc) is 2.00. The van der Waals surface area contributed by atoms with Crippen molar-refractivity contribution in [1.29, 1.82) is 0 Å². The highest BCUT2D eigenvalue weighted by atomic mass is 16.6. The topological polar surface area (TPSA) is 118 Å². The summed E-state index contributed by atoms with van der Waals surface area (Å²) in [6.07, 6.45) is -3.11. The molecule has 0 fully saturated rings. The zero-order chi connectivity index (χ0) is 10.1. The third kappa shape index (κ3) is 11.9. The first kappa shape index (κ1) is 13.7. The van der Waals surface area contributed by atoms with Crippen molar-refractivity contribution in [2.75, 3.05) is 6.61 Å². The Kier molecular flexibility index (Phi) is 9.43. The van der Waals surface area contributed by atoms with Gasteiger partial charge in [0, 0.05) is 0 Å². The molecule has 0 saturated carbocycles. The number of rotatable bonds is 3. The molecular formula is C6H14O6. The van der Waals surface area contributed by atoms with Crippen LogP contribution in [0.15, 0.2) is 0 Å². The molecule has 0 amide bonds. The van der Waals surface area contributed by atoms with Crippen molar-refractivity contribution in [2.45, 2.75) is 25.6 Å². The quantitative estimate of drug-likeness (QED) is 0.395. The summed E-state index contributed by atoms with van der Waals surface area (Å²) in [7, 11) is 0. The van der Waals surface area contributed by atoms with E-state index >= 15 is 0 Å². The fourth-order valence-electron chi connectivity index (χ4n) is 0.394. The Morgan fingerprint density at radius 2 is 1.58 bits per heavy atom. The van der Waals surface area contributed by atoms with Gasteiger partial charge in [0.2, 0.25) is 0 Å². The molecule has 5 N–H and O–H groups in total. The molecule has 0 bridgehead atoms. The van der Waals surface area contributed by atoms with E-state index in [-0.39, 0.29) is 6.61 Å². The maximum Gasteiger partial charge on any atom is 0.503 e. The molecule has 6 heteroatoms. The standard InChI is InChI=1S/C5H12O3.CH2O3/c1-2-4(7)5(8)3-6;2-1(3)4/h4-8H,2-3H2,1H3;(H2,2,3,4). The maximum absolute atomic E-state index is 8.72. The van der Waals surface area contributed by atoms with Crippen LogP contribution >= 0.6 is 0 Å². The third-order valence-electron chi connectivity index (χ3n) is 1.05. The van der Waals surface area contributed by atoms with E-state index in [4.69, 9.17) is 30.3 Å². The van der Waals surface area contributed by atoms with Gasteiger partial charge in [0.1, 0.15) is 6.10 Å². The molecular weight excluding hydrogens is 168 g/mol. The van der Waals surface area contributed by atoms with Gasteiger partial charge in [-0.15, -0.1) is 0 Å². The van der Waals surface area contributed by atoms with E-state index < -0.39 is 18.4 Å². The van der Waals surface area contributed by atoms with Gasteiger partial charge in [-0.05, 0) is 6.42 Å². The summed E-state index contributed by atoms with van der Waals surface area (Å²) >= 11 is 0. The van der Waals surface area contributed by atoms with Crippen molar-refractivity contribution in [3.8, 4) is 0 Å². The average molecular weight is 182 g/mol. The van der Waals surface area contributed by atoms with E-state index in [0.717, 1.165) is 0 Å². The predicted octanol–water partition coefficient (Wildman–Crippen LogP) is -0.667. The number of aliphatic hydroxyl groups excluding tert-OH is 3. The van der Waals surface area contributed by atoms with E-state index in [1.165, 1.54) is 0 Å².